The van der Waals surface area contributed by atoms with Crippen molar-refractivity contribution in [1.82, 2.24) is 10.3 Å². The van der Waals surface area contributed by atoms with Crippen LogP contribution < -0.4 is 5.32 Å². The fraction of sp³-hybridized carbons (Fsp3) is 0.417. The number of hydrogen-bond donors (Lipinski definition) is 1. The highest BCUT2D eigenvalue weighted by Crippen LogP contribution is 2.27. The zero-order chi connectivity index (χ0) is 12.1. The van der Waals surface area contributed by atoms with Crippen molar-refractivity contribution in [3.8, 4) is 11.3 Å². The van der Waals surface area contributed by atoms with Crippen LogP contribution in [0.2, 0.25) is 0 Å². The molecule has 5 heteroatoms. The van der Waals surface area contributed by atoms with Crippen molar-refractivity contribution in [2.45, 2.75) is 13.5 Å². The van der Waals surface area contributed by atoms with Crippen LogP contribution in [0.15, 0.2) is 21.4 Å². The molecule has 0 amide bonds. The first kappa shape index (κ1) is 12.3. The van der Waals surface area contributed by atoms with E-state index in [9.17, 15) is 0 Å². The number of aromatic nitrogens is 1. The molecule has 17 heavy (non-hydrogen) atoms. The predicted octanol–water partition coefficient (Wildman–Crippen LogP) is 2.45. The highest BCUT2D eigenvalue weighted by molar-refractivity contribution is 7.08. The van der Waals surface area contributed by atoms with Crippen LogP contribution >= 0.6 is 11.3 Å². The molecule has 92 valence electrons. The molecule has 0 bridgehead atoms. The summed E-state index contributed by atoms with van der Waals surface area (Å²) < 4.78 is 10.6. The van der Waals surface area contributed by atoms with Crippen LogP contribution in [0.5, 0.6) is 0 Å². The molecular formula is C12H16N2O2S. The second-order valence-electron chi connectivity index (χ2n) is 3.76. The number of ether oxygens (including phenoxy) is 1. The van der Waals surface area contributed by atoms with Crippen molar-refractivity contribution >= 4 is 11.3 Å². The molecule has 0 radical (unpaired) electrons. The van der Waals surface area contributed by atoms with Gasteiger partial charge in [-0.3, -0.25) is 0 Å². The zero-order valence-electron chi connectivity index (χ0n) is 10.0. The lowest BCUT2D eigenvalue weighted by atomic mass is 10.2. The Morgan fingerprint density at radius 3 is 3.06 bits per heavy atom. The van der Waals surface area contributed by atoms with Crippen LogP contribution in [0.3, 0.4) is 0 Å². The minimum atomic E-state index is 0.631. The Morgan fingerprint density at radius 2 is 2.35 bits per heavy atom. The average molecular weight is 252 g/mol. The first-order valence-corrected chi connectivity index (χ1v) is 6.43. The first-order chi connectivity index (χ1) is 8.31. The molecule has 0 saturated carbocycles. The fourth-order valence-corrected chi connectivity index (χ4v) is 2.34. The maximum absolute atomic E-state index is 5.68. The van der Waals surface area contributed by atoms with Crippen molar-refractivity contribution < 1.29 is 9.15 Å². The number of methoxy groups -OCH3 is 1. The lowest BCUT2D eigenvalue weighted by molar-refractivity contribution is 0.198. The Hall–Kier alpha value is -1.17. The maximum atomic E-state index is 5.68. The van der Waals surface area contributed by atoms with E-state index in [0.29, 0.717) is 19.0 Å². The van der Waals surface area contributed by atoms with Gasteiger partial charge in [0, 0.05) is 24.6 Å². The molecule has 2 aromatic rings. The van der Waals surface area contributed by atoms with Gasteiger partial charge in [0.15, 0.2) is 5.76 Å². The largest absolute Gasteiger partial charge is 0.439 e. The Labute approximate surface area is 105 Å². The molecular weight excluding hydrogens is 236 g/mol. The summed E-state index contributed by atoms with van der Waals surface area (Å²) >= 11 is 1.67. The number of oxazole rings is 1. The third-order valence-electron chi connectivity index (χ3n) is 2.43. The number of aryl methyl sites for hydroxylation is 1. The van der Waals surface area contributed by atoms with Gasteiger partial charge < -0.3 is 14.5 Å². The predicted molar refractivity (Wildman–Crippen MR) is 68.1 cm³/mol. The van der Waals surface area contributed by atoms with E-state index in [-0.39, 0.29) is 0 Å². The van der Waals surface area contributed by atoms with Crippen molar-refractivity contribution in [3.05, 3.63) is 28.4 Å². The molecule has 0 aliphatic rings. The van der Waals surface area contributed by atoms with E-state index in [1.54, 1.807) is 24.6 Å². The second kappa shape index (κ2) is 5.95. The number of nitrogens with zero attached hydrogens (tertiary/aromatic N) is 1. The minimum absolute atomic E-state index is 0.631. The summed E-state index contributed by atoms with van der Waals surface area (Å²) in [6.07, 6.45) is 1.78. The minimum Gasteiger partial charge on any atom is -0.439 e. The van der Waals surface area contributed by atoms with Crippen LogP contribution in [0.1, 0.15) is 11.5 Å². The maximum Gasteiger partial charge on any atom is 0.208 e. The average Bonchev–Trinajstić information content (AvgIpc) is 2.93. The number of hydrogen-bond acceptors (Lipinski definition) is 5. The molecule has 0 atom stereocenters. The van der Waals surface area contributed by atoms with Gasteiger partial charge in [0.25, 0.3) is 0 Å². The summed E-state index contributed by atoms with van der Waals surface area (Å²) in [6.45, 7) is 4.19. The molecule has 0 aliphatic carbocycles. The molecule has 0 saturated heterocycles. The van der Waals surface area contributed by atoms with E-state index in [4.69, 9.17) is 9.15 Å². The summed E-state index contributed by atoms with van der Waals surface area (Å²) in [5.74, 6) is 1.55. The van der Waals surface area contributed by atoms with Gasteiger partial charge >= 0.3 is 0 Å². The molecule has 2 aromatic heterocycles. The van der Waals surface area contributed by atoms with Gasteiger partial charge in [0.05, 0.1) is 19.3 Å². The Kier molecular flexibility index (Phi) is 4.30. The number of nitrogens with one attached hydrogen (secondary N) is 1. The standard InChI is InChI=1S/C12H16N2O2S/c1-9-7-17-8-10(9)11-5-14-12(16-11)6-13-3-4-15-2/h5,7-8,13H,3-4,6H2,1-2H3. The molecule has 0 aromatic carbocycles. The lowest BCUT2D eigenvalue weighted by Gasteiger charge is -1.99. The highest BCUT2D eigenvalue weighted by Gasteiger charge is 2.08. The summed E-state index contributed by atoms with van der Waals surface area (Å²) in [6, 6.07) is 0. The second-order valence-corrected chi connectivity index (χ2v) is 4.50. The molecule has 2 rings (SSSR count). The molecule has 0 fully saturated rings. The number of thiophene rings is 1. The topological polar surface area (TPSA) is 47.3 Å². The van der Waals surface area contributed by atoms with Crippen LogP contribution in [-0.4, -0.2) is 25.2 Å². The van der Waals surface area contributed by atoms with Gasteiger partial charge in [-0.15, -0.1) is 0 Å². The lowest BCUT2D eigenvalue weighted by Crippen LogP contribution is -2.18. The monoisotopic (exact) mass is 252 g/mol. The number of rotatable bonds is 6. The van der Waals surface area contributed by atoms with Crippen LogP contribution in [0.25, 0.3) is 11.3 Å². The van der Waals surface area contributed by atoms with Crippen molar-refractivity contribution in [2.24, 2.45) is 0 Å². The zero-order valence-corrected chi connectivity index (χ0v) is 10.8. The van der Waals surface area contributed by atoms with Crippen LogP contribution in [-0.2, 0) is 11.3 Å². The van der Waals surface area contributed by atoms with Crippen molar-refractivity contribution in [3.63, 3.8) is 0 Å². The summed E-state index contributed by atoms with van der Waals surface area (Å²) in [4.78, 5) is 4.25. The Morgan fingerprint density at radius 1 is 1.47 bits per heavy atom. The molecule has 0 spiro atoms. The van der Waals surface area contributed by atoms with Crippen molar-refractivity contribution in [1.29, 1.82) is 0 Å². The fourth-order valence-electron chi connectivity index (χ4n) is 1.50. The van der Waals surface area contributed by atoms with Gasteiger partial charge in [-0.2, -0.15) is 11.3 Å². The molecule has 4 nitrogen and oxygen atoms in total. The van der Waals surface area contributed by atoms with E-state index in [1.165, 1.54) is 5.56 Å². The normalized spacial score (nSPS) is 10.9. The molecule has 1 N–H and O–H groups in total. The van der Waals surface area contributed by atoms with Crippen molar-refractivity contribution in [2.75, 3.05) is 20.3 Å². The summed E-state index contributed by atoms with van der Waals surface area (Å²) in [5.41, 5.74) is 2.36. The quantitative estimate of drug-likeness (QED) is 0.802. The van der Waals surface area contributed by atoms with E-state index in [1.807, 2.05) is 0 Å². The molecule has 0 aliphatic heterocycles. The van der Waals surface area contributed by atoms with E-state index < -0.39 is 0 Å². The SMILES string of the molecule is COCCNCc1ncc(-c2cscc2C)o1. The summed E-state index contributed by atoms with van der Waals surface area (Å²) in [5, 5.41) is 7.38. The van der Waals surface area contributed by atoms with Crippen LogP contribution in [0, 0.1) is 6.92 Å². The highest BCUT2D eigenvalue weighted by atomic mass is 32.1. The van der Waals surface area contributed by atoms with Gasteiger partial charge in [-0.25, -0.2) is 4.98 Å². The first-order valence-electron chi connectivity index (χ1n) is 5.49. The Bertz CT molecular complexity index is 465. The van der Waals surface area contributed by atoms with Gasteiger partial charge in [-0.1, -0.05) is 0 Å². The third-order valence-corrected chi connectivity index (χ3v) is 3.30. The summed E-state index contributed by atoms with van der Waals surface area (Å²) in [7, 11) is 1.68. The van der Waals surface area contributed by atoms with Gasteiger partial charge in [0.2, 0.25) is 5.89 Å². The molecule has 0 unspecified atom stereocenters. The van der Waals surface area contributed by atoms with E-state index in [0.717, 1.165) is 17.9 Å². The van der Waals surface area contributed by atoms with E-state index >= 15 is 0 Å². The third kappa shape index (κ3) is 3.15. The molecule has 2 heterocycles. The van der Waals surface area contributed by atoms with E-state index in [2.05, 4.69) is 28.0 Å². The smallest absolute Gasteiger partial charge is 0.208 e. The van der Waals surface area contributed by atoms with Crippen LogP contribution in [0.4, 0.5) is 0 Å². The van der Waals surface area contributed by atoms with Gasteiger partial charge in [0.1, 0.15) is 0 Å². The van der Waals surface area contributed by atoms with Gasteiger partial charge in [-0.05, 0) is 17.9 Å². The Balaban J connectivity index is 1.95.